The van der Waals surface area contributed by atoms with Gasteiger partial charge in [-0.3, -0.25) is 0 Å². The Morgan fingerprint density at radius 1 is 1.04 bits per heavy atom. The molecule has 4 N–H and O–H groups in total. The Kier molecular flexibility index (Phi) is 6.06. The van der Waals surface area contributed by atoms with Crippen molar-refractivity contribution < 1.29 is 13.2 Å². The van der Waals surface area contributed by atoms with Gasteiger partial charge in [0.25, 0.3) is 0 Å². The largest absolute Gasteiger partial charge is 0.338 e. The predicted octanol–water partition coefficient (Wildman–Crippen LogP) is 3.01. The second-order valence-corrected chi connectivity index (χ2v) is 7.41. The Morgan fingerprint density at radius 3 is 2.17 bits per heavy atom. The molecule has 0 fully saturated rings. The van der Waals surface area contributed by atoms with E-state index in [4.69, 9.17) is 28.3 Å². The van der Waals surface area contributed by atoms with E-state index in [1.807, 2.05) is 0 Å². The SMILES string of the molecule is NS(=O)(=O)c1ccc(CCNC(=O)Nc2cc(Cl)cc(Cl)c2)cc1. The van der Waals surface area contributed by atoms with Crippen LogP contribution in [0.25, 0.3) is 0 Å². The molecule has 128 valence electrons. The summed E-state index contributed by atoms with van der Waals surface area (Å²) in [5, 5.41) is 11.2. The minimum Gasteiger partial charge on any atom is -0.338 e. The number of rotatable bonds is 5. The highest BCUT2D eigenvalue weighted by atomic mass is 35.5. The molecule has 0 spiro atoms. The summed E-state index contributed by atoms with van der Waals surface area (Å²) in [5.41, 5.74) is 1.36. The fraction of sp³-hybridized carbons (Fsp3) is 0.133. The molecule has 9 heteroatoms. The van der Waals surface area contributed by atoms with E-state index in [1.165, 1.54) is 12.1 Å². The summed E-state index contributed by atoms with van der Waals surface area (Å²) in [5.74, 6) is 0. The molecule has 0 radical (unpaired) electrons. The molecule has 0 aromatic heterocycles. The van der Waals surface area contributed by atoms with Gasteiger partial charge in [-0.1, -0.05) is 35.3 Å². The minimum atomic E-state index is -3.70. The van der Waals surface area contributed by atoms with Crippen molar-refractivity contribution in [3.8, 4) is 0 Å². The fourth-order valence-electron chi connectivity index (χ4n) is 1.97. The van der Waals surface area contributed by atoms with E-state index in [0.717, 1.165) is 5.56 Å². The van der Waals surface area contributed by atoms with Crippen molar-refractivity contribution in [3.63, 3.8) is 0 Å². The highest BCUT2D eigenvalue weighted by molar-refractivity contribution is 7.89. The molecule has 6 nitrogen and oxygen atoms in total. The number of benzene rings is 2. The summed E-state index contributed by atoms with van der Waals surface area (Å²) >= 11 is 11.7. The van der Waals surface area contributed by atoms with Crippen LogP contribution in [0.15, 0.2) is 47.4 Å². The van der Waals surface area contributed by atoms with Gasteiger partial charge in [-0.15, -0.1) is 0 Å². The van der Waals surface area contributed by atoms with Crippen molar-refractivity contribution in [2.24, 2.45) is 5.14 Å². The molecule has 0 aliphatic carbocycles. The number of nitrogens with two attached hydrogens (primary N) is 1. The standard InChI is InChI=1S/C15H15Cl2N3O3S/c16-11-7-12(17)9-13(8-11)20-15(21)19-6-5-10-1-3-14(4-2-10)24(18,22)23/h1-4,7-9H,5-6H2,(H2,18,22,23)(H2,19,20,21). The lowest BCUT2D eigenvalue weighted by Crippen LogP contribution is -2.30. The molecule has 24 heavy (non-hydrogen) atoms. The number of carbonyl (C=O) groups excluding carboxylic acids is 1. The number of amides is 2. The van der Waals surface area contributed by atoms with Gasteiger partial charge in [-0.2, -0.15) is 0 Å². The molecule has 0 bridgehead atoms. The van der Waals surface area contributed by atoms with Crippen molar-refractivity contribution in [2.75, 3.05) is 11.9 Å². The number of sulfonamides is 1. The molecule has 2 amide bonds. The Labute approximate surface area is 150 Å². The maximum atomic E-state index is 11.8. The molecule has 2 aromatic carbocycles. The number of primary sulfonamides is 1. The zero-order chi connectivity index (χ0) is 17.7. The van der Waals surface area contributed by atoms with Crippen molar-refractivity contribution in [3.05, 3.63) is 58.1 Å². The Balaban J connectivity index is 1.84. The molecule has 0 atom stereocenters. The van der Waals surface area contributed by atoms with Gasteiger partial charge < -0.3 is 10.6 Å². The van der Waals surface area contributed by atoms with Crippen LogP contribution in [0.3, 0.4) is 0 Å². The first-order valence-electron chi connectivity index (χ1n) is 6.87. The van der Waals surface area contributed by atoms with Crippen LogP contribution in [0.4, 0.5) is 10.5 Å². The molecule has 0 unspecified atom stereocenters. The average molecular weight is 388 g/mol. The van der Waals surface area contributed by atoms with Gasteiger partial charge in [0.15, 0.2) is 0 Å². The third kappa shape index (κ3) is 5.68. The van der Waals surface area contributed by atoms with E-state index in [-0.39, 0.29) is 4.90 Å². The van der Waals surface area contributed by atoms with Crippen LogP contribution in [0, 0.1) is 0 Å². The van der Waals surface area contributed by atoms with Crippen LogP contribution in [-0.2, 0) is 16.4 Å². The topological polar surface area (TPSA) is 101 Å². The second kappa shape index (κ2) is 7.85. The highest BCUT2D eigenvalue weighted by Gasteiger charge is 2.07. The molecule has 0 heterocycles. The van der Waals surface area contributed by atoms with Crippen LogP contribution >= 0.6 is 23.2 Å². The maximum absolute atomic E-state index is 11.8. The maximum Gasteiger partial charge on any atom is 0.319 e. The number of carbonyl (C=O) groups is 1. The third-order valence-corrected chi connectivity index (χ3v) is 4.44. The van der Waals surface area contributed by atoms with Gasteiger partial charge in [0.05, 0.1) is 4.90 Å². The number of hydrogen-bond donors (Lipinski definition) is 3. The van der Waals surface area contributed by atoms with Crippen molar-refractivity contribution in [1.29, 1.82) is 0 Å². The van der Waals surface area contributed by atoms with Gasteiger partial charge in [0.2, 0.25) is 10.0 Å². The quantitative estimate of drug-likeness (QED) is 0.734. The summed E-state index contributed by atoms with van der Waals surface area (Å²) in [6.07, 6.45) is 0.536. The normalized spacial score (nSPS) is 11.1. The van der Waals surface area contributed by atoms with E-state index in [9.17, 15) is 13.2 Å². The van der Waals surface area contributed by atoms with E-state index < -0.39 is 16.1 Å². The number of urea groups is 1. The van der Waals surface area contributed by atoms with Crippen LogP contribution < -0.4 is 15.8 Å². The van der Waals surface area contributed by atoms with Crippen LogP contribution in [0.5, 0.6) is 0 Å². The molecular weight excluding hydrogens is 373 g/mol. The molecule has 2 rings (SSSR count). The van der Waals surface area contributed by atoms with Crippen LogP contribution in [0.2, 0.25) is 10.0 Å². The lowest BCUT2D eigenvalue weighted by molar-refractivity contribution is 0.252. The van der Waals surface area contributed by atoms with E-state index in [2.05, 4.69) is 10.6 Å². The lowest BCUT2D eigenvalue weighted by atomic mass is 10.1. The van der Waals surface area contributed by atoms with Gasteiger partial charge in [0, 0.05) is 22.3 Å². The van der Waals surface area contributed by atoms with Gasteiger partial charge in [0.1, 0.15) is 0 Å². The Hall–Kier alpha value is -1.80. The van der Waals surface area contributed by atoms with Crippen LogP contribution in [0.1, 0.15) is 5.56 Å². The predicted molar refractivity (Wildman–Crippen MR) is 95.0 cm³/mol. The van der Waals surface area contributed by atoms with E-state index in [0.29, 0.717) is 28.7 Å². The molecular formula is C15H15Cl2N3O3S. The lowest BCUT2D eigenvalue weighted by Gasteiger charge is -2.09. The first kappa shape index (κ1) is 18.5. The summed E-state index contributed by atoms with van der Waals surface area (Å²) < 4.78 is 22.3. The number of halogens is 2. The first-order chi connectivity index (χ1) is 11.2. The monoisotopic (exact) mass is 387 g/mol. The van der Waals surface area contributed by atoms with E-state index in [1.54, 1.807) is 30.3 Å². The Morgan fingerprint density at radius 2 is 1.62 bits per heavy atom. The Bertz CT molecular complexity index is 819. The van der Waals surface area contributed by atoms with Gasteiger partial charge >= 0.3 is 6.03 Å². The fourth-order valence-corrected chi connectivity index (χ4v) is 3.01. The first-order valence-corrected chi connectivity index (χ1v) is 9.17. The summed E-state index contributed by atoms with van der Waals surface area (Å²) in [7, 11) is -3.70. The van der Waals surface area contributed by atoms with E-state index >= 15 is 0 Å². The van der Waals surface area contributed by atoms with Crippen molar-refractivity contribution in [1.82, 2.24) is 5.32 Å². The number of anilines is 1. The zero-order valence-electron chi connectivity index (χ0n) is 12.4. The minimum absolute atomic E-state index is 0.0507. The highest BCUT2D eigenvalue weighted by Crippen LogP contribution is 2.22. The molecule has 0 aliphatic rings. The molecule has 0 saturated carbocycles. The summed E-state index contributed by atoms with van der Waals surface area (Å²) in [6, 6.07) is 10.5. The van der Waals surface area contributed by atoms with Crippen LogP contribution in [-0.4, -0.2) is 21.0 Å². The molecule has 0 saturated heterocycles. The van der Waals surface area contributed by atoms with Crippen molar-refractivity contribution in [2.45, 2.75) is 11.3 Å². The zero-order valence-corrected chi connectivity index (χ0v) is 14.8. The van der Waals surface area contributed by atoms with Gasteiger partial charge in [-0.25, -0.2) is 18.4 Å². The summed E-state index contributed by atoms with van der Waals surface area (Å²) in [6.45, 7) is 0.370. The summed E-state index contributed by atoms with van der Waals surface area (Å²) in [4.78, 5) is 11.9. The molecule has 0 aliphatic heterocycles. The number of hydrogen-bond acceptors (Lipinski definition) is 3. The third-order valence-electron chi connectivity index (χ3n) is 3.07. The second-order valence-electron chi connectivity index (χ2n) is 4.98. The van der Waals surface area contributed by atoms with Crippen molar-refractivity contribution >= 4 is 44.9 Å². The molecule has 2 aromatic rings. The number of nitrogens with one attached hydrogen (secondary N) is 2. The smallest absolute Gasteiger partial charge is 0.319 e. The van der Waals surface area contributed by atoms with Gasteiger partial charge in [-0.05, 0) is 42.3 Å². The average Bonchev–Trinajstić information content (AvgIpc) is 2.45.